The maximum absolute atomic E-state index is 11.0. The van der Waals surface area contributed by atoms with Gasteiger partial charge in [0.25, 0.3) is 0 Å². The zero-order valence-electron chi connectivity index (χ0n) is 11.6. The number of aromatic carboxylic acids is 1. The van der Waals surface area contributed by atoms with E-state index in [2.05, 4.69) is 15.3 Å². The molecule has 0 spiro atoms. The summed E-state index contributed by atoms with van der Waals surface area (Å²) in [6.07, 6.45) is 0. The normalized spacial score (nSPS) is 10.7. The summed E-state index contributed by atoms with van der Waals surface area (Å²) in [6, 6.07) is 12.8. The molecule has 0 atom stereocenters. The van der Waals surface area contributed by atoms with Crippen LogP contribution in [0.2, 0.25) is 0 Å². The average Bonchev–Trinajstić information content (AvgIpc) is 2.91. The summed E-state index contributed by atoms with van der Waals surface area (Å²) >= 11 is 0. The highest BCUT2D eigenvalue weighted by Gasteiger charge is 2.08. The third-order valence-corrected chi connectivity index (χ3v) is 3.27. The van der Waals surface area contributed by atoms with Crippen molar-refractivity contribution in [3.05, 3.63) is 48.0 Å². The number of fused-ring (bicyclic) bond motifs is 1. The van der Waals surface area contributed by atoms with Crippen molar-refractivity contribution < 1.29 is 9.90 Å². The van der Waals surface area contributed by atoms with Gasteiger partial charge in [-0.05, 0) is 49.4 Å². The second-order valence-corrected chi connectivity index (χ2v) is 4.73. The van der Waals surface area contributed by atoms with Crippen LogP contribution in [0.15, 0.2) is 42.5 Å². The molecule has 1 aromatic heterocycles. The van der Waals surface area contributed by atoms with Crippen LogP contribution in [0.1, 0.15) is 17.3 Å². The third-order valence-electron chi connectivity index (χ3n) is 3.27. The maximum atomic E-state index is 11.0. The maximum Gasteiger partial charge on any atom is 0.335 e. The number of carboxylic acid groups (broad SMARTS) is 1. The summed E-state index contributed by atoms with van der Waals surface area (Å²) in [7, 11) is 0. The van der Waals surface area contributed by atoms with E-state index in [-0.39, 0.29) is 5.56 Å². The van der Waals surface area contributed by atoms with Gasteiger partial charge in [-0.3, -0.25) is 0 Å². The number of H-pyrrole nitrogens is 1. The number of nitrogens with one attached hydrogen (secondary N) is 2. The Kier molecular flexibility index (Phi) is 3.31. The number of hydrogen-bond donors (Lipinski definition) is 3. The van der Waals surface area contributed by atoms with Gasteiger partial charge in [0.1, 0.15) is 5.82 Å². The number of carbonyl (C=O) groups is 1. The second kappa shape index (κ2) is 5.28. The molecule has 106 valence electrons. The molecule has 0 bridgehead atoms. The number of imidazole rings is 1. The Morgan fingerprint density at radius 3 is 2.67 bits per heavy atom. The van der Waals surface area contributed by atoms with Gasteiger partial charge < -0.3 is 15.4 Å². The SMILES string of the molecule is CCNc1ccc(-c2nc3ccc(C(=O)O)cc3[nH]2)cc1. The fraction of sp³-hybridized carbons (Fsp3) is 0.125. The number of hydrogen-bond acceptors (Lipinski definition) is 3. The zero-order valence-corrected chi connectivity index (χ0v) is 11.6. The highest BCUT2D eigenvalue weighted by molar-refractivity contribution is 5.93. The molecule has 5 nitrogen and oxygen atoms in total. The number of rotatable bonds is 4. The Morgan fingerprint density at radius 1 is 1.24 bits per heavy atom. The second-order valence-electron chi connectivity index (χ2n) is 4.73. The molecule has 0 unspecified atom stereocenters. The van der Waals surface area contributed by atoms with Gasteiger partial charge >= 0.3 is 5.97 Å². The molecule has 0 saturated carbocycles. The molecule has 21 heavy (non-hydrogen) atoms. The molecule has 0 saturated heterocycles. The van der Waals surface area contributed by atoms with Crippen LogP contribution in [0.3, 0.4) is 0 Å². The summed E-state index contributed by atoms with van der Waals surface area (Å²) < 4.78 is 0. The molecule has 0 aliphatic carbocycles. The van der Waals surface area contributed by atoms with E-state index in [1.165, 1.54) is 0 Å². The Balaban J connectivity index is 1.98. The molecule has 3 rings (SSSR count). The van der Waals surface area contributed by atoms with Crippen molar-refractivity contribution in [3.63, 3.8) is 0 Å². The first-order valence-corrected chi connectivity index (χ1v) is 6.75. The Hall–Kier alpha value is -2.82. The van der Waals surface area contributed by atoms with E-state index in [0.717, 1.165) is 34.7 Å². The van der Waals surface area contributed by atoms with Crippen molar-refractivity contribution in [1.29, 1.82) is 0 Å². The smallest absolute Gasteiger partial charge is 0.335 e. The van der Waals surface area contributed by atoms with Gasteiger partial charge in [-0.15, -0.1) is 0 Å². The first-order valence-electron chi connectivity index (χ1n) is 6.75. The molecule has 5 heteroatoms. The van der Waals surface area contributed by atoms with Crippen molar-refractivity contribution in [3.8, 4) is 11.4 Å². The molecule has 0 aliphatic heterocycles. The minimum absolute atomic E-state index is 0.250. The van der Waals surface area contributed by atoms with Crippen LogP contribution in [0.4, 0.5) is 5.69 Å². The van der Waals surface area contributed by atoms with E-state index in [0.29, 0.717) is 0 Å². The number of nitrogens with zero attached hydrogens (tertiary/aromatic N) is 1. The first-order chi connectivity index (χ1) is 10.2. The number of aromatic amines is 1. The van der Waals surface area contributed by atoms with Gasteiger partial charge in [-0.25, -0.2) is 9.78 Å². The van der Waals surface area contributed by atoms with Crippen LogP contribution in [0.25, 0.3) is 22.4 Å². The summed E-state index contributed by atoms with van der Waals surface area (Å²) in [6.45, 7) is 2.93. The van der Waals surface area contributed by atoms with Gasteiger partial charge in [0.15, 0.2) is 0 Å². The van der Waals surface area contributed by atoms with Crippen LogP contribution < -0.4 is 5.32 Å². The lowest BCUT2D eigenvalue weighted by Gasteiger charge is -2.03. The lowest BCUT2D eigenvalue weighted by Crippen LogP contribution is -1.95. The molecule has 2 aromatic carbocycles. The molecule has 0 aliphatic rings. The van der Waals surface area contributed by atoms with Gasteiger partial charge in [-0.2, -0.15) is 0 Å². The van der Waals surface area contributed by atoms with Crippen molar-refractivity contribution in [2.45, 2.75) is 6.92 Å². The number of anilines is 1. The van der Waals surface area contributed by atoms with Crippen LogP contribution in [-0.2, 0) is 0 Å². The topological polar surface area (TPSA) is 78.0 Å². The van der Waals surface area contributed by atoms with E-state index in [9.17, 15) is 4.79 Å². The number of carboxylic acids is 1. The first kappa shape index (κ1) is 13.2. The van der Waals surface area contributed by atoms with E-state index < -0.39 is 5.97 Å². The van der Waals surface area contributed by atoms with E-state index in [4.69, 9.17) is 5.11 Å². The van der Waals surface area contributed by atoms with Crippen LogP contribution in [0, 0.1) is 0 Å². The lowest BCUT2D eigenvalue weighted by atomic mass is 10.2. The third kappa shape index (κ3) is 2.58. The molecular weight excluding hydrogens is 266 g/mol. The van der Waals surface area contributed by atoms with Crippen LogP contribution in [-0.4, -0.2) is 27.6 Å². The van der Waals surface area contributed by atoms with Crippen LogP contribution >= 0.6 is 0 Å². The fourth-order valence-corrected chi connectivity index (χ4v) is 2.23. The van der Waals surface area contributed by atoms with Gasteiger partial charge in [-0.1, -0.05) is 0 Å². The van der Waals surface area contributed by atoms with Gasteiger partial charge in [0, 0.05) is 17.8 Å². The van der Waals surface area contributed by atoms with Gasteiger partial charge in [0.05, 0.1) is 16.6 Å². The molecule has 3 N–H and O–H groups in total. The van der Waals surface area contributed by atoms with E-state index in [1.54, 1.807) is 18.2 Å². The molecule has 0 fully saturated rings. The van der Waals surface area contributed by atoms with Crippen molar-refractivity contribution in [2.75, 3.05) is 11.9 Å². The fourth-order valence-electron chi connectivity index (χ4n) is 2.23. The minimum Gasteiger partial charge on any atom is -0.478 e. The molecular formula is C16H15N3O2. The average molecular weight is 281 g/mol. The van der Waals surface area contributed by atoms with Crippen molar-refractivity contribution in [2.24, 2.45) is 0 Å². The molecule has 1 heterocycles. The molecule has 0 radical (unpaired) electrons. The highest BCUT2D eigenvalue weighted by Crippen LogP contribution is 2.22. The predicted molar refractivity (Wildman–Crippen MR) is 82.7 cm³/mol. The largest absolute Gasteiger partial charge is 0.478 e. The van der Waals surface area contributed by atoms with Crippen LogP contribution in [0.5, 0.6) is 0 Å². The summed E-state index contributed by atoms with van der Waals surface area (Å²) in [5.74, 6) is -0.210. The van der Waals surface area contributed by atoms with Crippen molar-refractivity contribution >= 4 is 22.7 Å². The minimum atomic E-state index is -0.942. The number of aromatic nitrogens is 2. The standard InChI is InChI=1S/C16H15N3O2/c1-2-17-12-6-3-10(4-7-12)15-18-13-8-5-11(16(20)21)9-14(13)19-15/h3-9,17H,2H2,1H3,(H,18,19)(H,20,21). The Bertz CT molecular complexity index is 791. The quantitative estimate of drug-likeness (QED) is 0.685. The Morgan fingerprint density at radius 2 is 2.00 bits per heavy atom. The summed E-state index contributed by atoms with van der Waals surface area (Å²) in [5, 5.41) is 12.2. The van der Waals surface area contributed by atoms with Crippen molar-refractivity contribution in [1.82, 2.24) is 9.97 Å². The predicted octanol–water partition coefficient (Wildman–Crippen LogP) is 3.36. The summed E-state index contributed by atoms with van der Waals surface area (Å²) in [4.78, 5) is 18.6. The van der Waals surface area contributed by atoms with E-state index in [1.807, 2.05) is 31.2 Å². The monoisotopic (exact) mass is 281 g/mol. The lowest BCUT2D eigenvalue weighted by molar-refractivity contribution is 0.0697. The molecule has 3 aromatic rings. The van der Waals surface area contributed by atoms with Gasteiger partial charge in [0.2, 0.25) is 0 Å². The zero-order chi connectivity index (χ0) is 14.8. The molecule has 0 amide bonds. The highest BCUT2D eigenvalue weighted by atomic mass is 16.4. The van der Waals surface area contributed by atoms with E-state index >= 15 is 0 Å². The Labute approximate surface area is 121 Å². The summed E-state index contributed by atoms with van der Waals surface area (Å²) in [5.41, 5.74) is 3.75. The number of benzene rings is 2.